The standard InChI is InChI=1S/C21H24N8O/c1-13(2)29-20(25-26-27-29)15-7-5-6-8-16(15)24-21(30)22-12-19-23-17-11-14(3)9-10-18(17)28(19)4/h5-11,13H,12H2,1-4H3,(H2,22,24,30). The normalized spacial score (nSPS) is 11.2. The minimum absolute atomic E-state index is 0.0954. The van der Waals surface area contributed by atoms with E-state index >= 15 is 0 Å². The van der Waals surface area contributed by atoms with Crippen molar-refractivity contribution < 1.29 is 4.79 Å². The number of carbonyl (C=O) groups excluding carboxylic acids is 1. The molecule has 0 spiro atoms. The Morgan fingerprint density at radius 1 is 1.17 bits per heavy atom. The highest BCUT2D eigenvalue weighted by molar-refractivity contribution is 5.93. The molecule has 0 radical (unpaired) electrons. The molecule has 0 aliphatic heterocycles. The van der Waals surface area contributed by atoms with Gasteiger partial charge in [-0.3, -0.25) is 0 Å². The van der Waals surface area contributed by atoms with Crippen molar-refractivity contribution in [1.82, 2.24) is 35.1 Å². The van der Waals surface area contributed by atoms with Gasteiger partial charge in [0.2, 0.25) is 0 Å². The fraction of sp³-hybridized carbons (Fsp3) is 0.286. The average Bonchev–Trinajstić information content (AvgIpc) is 3.32. The molecule has 0 aliphatic rings. The smallest absolute Gasteiger partial charge is 0.319 e. The lowest BCUT2D eigenvalue weighted by Gasteiger charge is -2.13. The van der Waals surface area contributed by atoms with Crippen LogP contribution in [0.15, 0.2) is 42.5 Å². The van der Waals surface area contributed by atoms with Gasteiger partial charge in [0.05, 0.1) is 29.3 Å². The molecule has 0 saturated carbocycles. The van der Waals surface area contributed by atoms with Gasteiger partial charge in [0.1, 0.15) is 5.82 Å². The number of imidazole rings is 1. The van der Waals surface area contributed by atoms with E-state index in [1.165, 1.54) is 0 Å². The number of aromatic nitrogens is 6. The quantitative estimate of drug-likeness (QED) is 0.530. The van der Waals surface area contributed by atoms with E-state index in [0.29, 0.717) is 18.1 Å². The summed E-state index contributed by atoms with van der Waals surface area (Å²) < 4.78 is 3.71. The molecule has 2 amide bonds. The number of anilines is 1. The van der Waals surface area contributed by atoms with Gasteiger partial charge in [-0.1, -0.05) is 18.2 Å². The van der Waals surface area contributed by atoms with E-state index in [9.17, 15) is 4.79 Å². The van der Waals surface area contributed by atoms with Gasteiger partial charge in [0.25, 0.3) is 0 Å². The SMILES string of the molecule is Cc1ccc2c(c1)nc(CNC(=O)Nc1ccccc1-c1nnnn1C(C)C)n2C. The van der Waals surface area contributed by atoms with Crippen molar-refractivity contribution in [3.8, 4) is 11.4 Å². The van der Waals surface area contributed by atoms with Crippen molar-refractivity contribution >= 4 is 22.8 Å². The minimum Gasteiger partial charge on any atom is -0.331 e. The summed E-state index contributed by atoms with van der Waals surface area (Å²) in [4.78, 5) is 17.2. The zero-order chi connectivity index (χ0) is 21.3. The summed E-state index contributed by atoms with van der Waals surface area (Å²) in [5, 5.41) is 17.7. The fourth-order valence-corrected chi connectivity index (χ4v) is 3.35. The molecule has 4 aromatic rings. The Morgan fingerprint density at radius 2 is 1.97 bits per heavy atom. The summed E-state index contributed by atoms with van der Waals surface area (Å²) >= 11 is 0. The molecule has 154 valence electrons. The lowest BCUT2D eigenvalue weighted by Crippen LogP contribution is -2.29. The van der Waals surface area contributed by atoms with Crippen LogP contribution in [0.1, 0.15) is 31.3 Å². The van der Waals surface area contributed by atoms with Crippen molar-refractivity contribution in [2.24, 2.45) is 7.05 Å². The maximum absolute atomic E-state index is 12.6. The highest BCUT2D eigenvalue weighted by Gasteiger charge is 2.16. The molecule has 0 saturated heterocycles. The van der Waals surface area contributed by atoms with E-state index in [1.54, 1.807) is 4.68 Å². The molecule has 0 bridgehead atoms. The van der Waals surface area contributed by atoms with Gasteiger partial charge in [0, 0.05) is 12.6 Å². The number of hydrogen-bond acceptors (Lipinski definition) is 5. The molecule has 0 fully saturated rings. The summed E-state index contributed by atoms with van der Waals surface area (Å²) in [6, 6.07) is 13.3. The van der Waals surface area contributed by atoms with Crippen LogP contribution in [0.3, 0.4) is 0 Å². The molecule has 9 heteroatoms. The van der Waals surface area contributed by atoms with Crippen molar-refractivity contribution in [3.05, 3.63) is 53.9 Å². The average molecular weight is 404 g/mol. The van der Waals surface area contributed by atoms with Crippen LogP contribution in [0.5, 0.6) is 0 Å². The number of urea groups is 1. The first-order valence-electron chi connectivity index (χ1n) is 9.78. The first-order valence-corrected chi connectivity index (χ1v) is 9.78. The zero-order valence-corrected chi connectivity index (χ0v) is 17.4. The molecule has 0 aliphatic carbocycles. The number of para-hydroxylation sites is 1. The van der Waals surface area contributed by atoms with E-state index in [0.717, 1.165) is 28.0 Å². The summed E-state index contributed by atoms with van der Waals surface area (Å²) in [5.41, 5.74) is 4.49. The monoisotopic (exact) mass is 404 g/mol. The maximum Gasteiger partial charge on any atom is 0.319 e. The van der Waals surface area contributed by atoms with Crippen LogP contribution in [0.25, 0.3) is 22.4 Å². The summed E-state index contributed by atoms with van der Waals surface area (Å²) in [7, 11) is 1.95. The Morgan fingerprint density at radius 3 is 2.77 bits per heavy atom. The number of nitrogens with one attached hydrogen (secondary N) is 2. The van der Waals surface area contributed by atoms with Crippen molar-refractivity contribution in [3.63, 3.8) is 0 Å². The Balaban J connectivity index is 1.50. The Bertz CT molecular complexity index is 1210. The van der Waals surface area contributed by atoms with E-state index < -0.39 is 0 Å². The number of aryl methyl sites for hydroxylation is 2. The third-order valence-electron chi connectivity index (χ3n) is 4.93. The van der Waals surface area contributed by atoms with Gasteiger partial charge in [0.15, 0.2) is 5.82 Å². The van der Waals surface area contributed by atoms with Gasteiger partial charge in [-0.05, 0) is 61.0 Å². The predicted molar refractivity (Wildman–Crippen MR) is 115 cm³/mol. The van der Waals surface area contributed by atoms with E-state index in [4.69, 9.17) is 0 Å². The highest BCUT2D eigenvalue weighted by atomic mass is 16.2. The summed E-state index contributed by atoms with van der Waals surface area (Å²) in [6.07, 6.45) is 0. The molecule has 9 nitrogen and oxygen atoms in total. The largest absolute Gasteiger partial charge is 0.331 e. The van der Waals surface area contributed by atoms with E-state index in [-0.39, 0.29) is 12.1 Å². The second-order valence-corrected chi connectivity index (χ2v) is 7.47. The number of carbonyl (C=O) groups is 1. The number of benzene rings is 2. The lowest BCUT2D eigenvalue weighted by atomic mass is 10.1. The molecule has 30 heavy (non-hydrogen) atoms. The van der Waals surface area contributed by atoms with Crippen LogP contribution < -0.4 is 10.6 Å². The number of fused-ring (bicyclic) bond motifs is 1. The van der Waals surface area contributed by atoms with Crippen LogP contribution >= 0.6 is 0 Å². The molecule has 2 aromatic heterocycles. The van der Waals surface area contributed by atoms with E-state index in [1.807, 2.05) is 68.8 Å². The second kappa shape index (κ2) is 7.94. The molecular weight excluding hydrogens is 380 g/mol. The third kappa shape index (κ3) is 3.73. The van der Waals surface area contributed by atoms with E-state index in [2.05, 4.69) is 37.2 Å². The van der Waals surface area contributed by atoms with Crippen LogP contribution in [-0.4, -0.2) is 35.8 Å². The molecular formula is C21H24N8O. The first-order chi connectivity index (χ1) is 14.4. The molecule has 4 rings (SSSR count). The Hall–Kier alpha value is -3.75. The van der Waals surface area contributed by atoms with Gasteiger partial charge in [-0.15, -0.1) is 5.10 Å². The van der Waals surface area contributed by atoms with Crippen molar-refractivity contribution in [2.45, 2.75) is 33.4 Å². The maximum atomic E-state index is 12.6. The minimum atomic E-state index is -0.325. The third-order valence-corrected chi connectivity index (χ3v) is 4.93. The number of nitrogens with zero attached hydrogens (tertiary/aromatic N) is 6. The predicted octanol–water partition coefficient (Wildman–Crippen LogP) is 3.44. The number of amides is 2. The van der Waals surface area contributed by atoms with Crippen LogP contribution in [0.2, 0.25) is 0 Å². The number of tetrazole rings is 1. The van der Waals surface area contributed by atoms with Crippen molar-refractivity contribution in [2.75, 3.05) is 5.32 Å². The molecule has 2 aromatic carbocycles. The topological polar surface area (TPSA) is 103 Å². The fourth-order valence-electron chi connectivity index (χ4n) is 3.35. The zero-order valence-electron chi connectivity index (χ0n) is 17.4. The lowest BCUT2D eigenvalue weighted by molar-refractivity contribution is 0.251. The van der Waals surface area contributed by atoms with Gasteiger partial charge in [-0.25, -0.2) is 14.5 Å². The molecule has 2 N–H and O–H groups in total. The van der Waals surface area contributed by atoms with Crippen molar-refractivity contribution in [1.29, 1.82) is 0 Å². The first kappa shape index (κ1) is 19.6. The molecule has 0 unspecified atom stereocenters. The van der Waals surface area contributed by atoms with Gasteiger partial charge >= 0.3 is 6.03 Å². The summed E-state index contributed by atoms with van der Waals surface area (Å²) in [5.74, 6) is 1.38. The van der Waals surface area contributed by atoms with Gasteiger partial charge < -0.3 is 15.2 Å². The highest BCUT2D eigenvalue weighted by Crippen LogP contribution is 2.27. The van der Waals surface area contributed by atoms with Crippen LogP contribution in [0, 0.1) is 6.92 Å². The second-order valence-electron chi connectivity index (χ2n) is 7.47. The number of rotatable bonds is 5. The van der Waals surface area contributed by atoms with Crippen LogP contribution in [0.4, 0.5) is 10.5 Å². The van der Waals surface area contributed by atoms with Crippen LogP contribution in [-0.2, 0) is 13.6 Å². The Labute approximate surface area is 174 Å². The van der Waals surface area contributed by atoms with Gasteiger partial charge in [-0.2, -0.15) is 0 Å². The number of hydrogen-bond donors (Lipinski definition) is 2. The molecule has 2 heterocycles. The Kier molecular flexibility index (Phi) is 5.18. The molecule has 0 atom stereocenters. The summed E-state index contributed by atoms with van der Waals surface area (Å²) in [6.45, 7) is 6.34.